The maximum absolute atomic E-state index is 12.4. The van der Waals surface area contributed by atoms with Gasteiger partial charge < -0.3 is 14.4 Å². The van der Waals surface area contributed by atoms with Crippen LogP contribution in [0.4, 0.5) is 0 Å². The lowest BCUT2D eigenvalue weighted by molar-refractivity contribution is -0.142. The monoisotopic (exact) mass is 273 g/mol. The lowest BCUT2D eigenvalue weighted by Crippen LogP contribution is -2.28. The van der Waals surface area contributed by atoms with Crippen LogP contribution in [0.1, 0.15) is 17.5 Å². The van der Waals surface area contributed by atoms with Crippen molar-refractivity contribution >= 4 is 16.9 Å². The summed E-state index contributed by atoms with van der Waals surface area (Å²) in [4.78, 5) is 22.9. The second-order valence-corrected chi connectivity index (χ2v) is 4.97. The van der Waals surface area contributed by atoms with E-state index in [1.807, 2.05) is 18.2 Å². The molecule has 1 aliphatic heterocycles. The van der Waals surface area contributed by atoms with Crippen LogP contribution < -0.4 is 5.56 Å². The van der Waals surface area contributed by atoms with Gasteiger partial charge in [0, 0.05) is 12.1 Å². The molecular formula is C15H15NO4. The average molecular weight is 273 g/mol. The second-order valence-electron chi connectivity index (χ2n) is 4.97. The molecule has 0 atom stereocenters. The average Bonchev–Trinajstić information content (AvgIpc) is 2.44. The predicted molar refractivity (Wildman–Crippen MR) is 73.8 cm³/mol. The summed E-state index contributed by atoms with van der Waals surface area (Å²) in [6.45, 7) is 0.349. The Bertz CT molecular complexity index is 732. The van der Waals surface area contributed by atoms with Crippen molar-refractivity contribution in [1.82, 2.24) is 4.57 Å². The van der Waals surface area contributed by atoms with E-state index in [0.29, 0.717) is 12.1 Å². The predicted octanol–water partition coefficient (Wildman–Crippen LogP) is 1.55. The largest absolute Gasteiger partial charge is 0.480 e. The van der Waals surface area contributed by atoms with Crippen molar-refractivity contribution in [2.45, 2.75) is 26.0 Å². The number of benzene rings is 1. The van der Waals surface area contributed by atoms with Crippen LogP contribution in [-0.2, 0) is 29.1 Å². The highest BCUT2D eigenvalue weighted by atomic mass is 16.5. The molecule has 0 unspecified atom stereocenters. The number of carboxylic acids is 1. The molecule has 0 saturated carbocycles. The van der Waals surface area contributed by atoms with Crippen LogP contribution in [0.5, 0.6) is 0 Å². The highest BCUT2D eigenvalue weighted by Crippen LogP contribution is 2.24. The highest BCUT2D eigenvalue weighted by Gasteiger charge is 2.16. The van der Waals surface area contributed by atoms with E-state index in [1.165, 1.54) is 5.56 Å². The van der Waals surface area contributed by atoms with Crippen molar-refractivity contribution in [1.29, 1.82) is 0 Å². The third-order valence-corrected chi connectivity index (χ3v) is 3.58. The first-order valence-electron chi connectivity index (χ1n) is 6.60. The fourth-order valence-electron chi connectivity index (χ4n) is 2.78. The molecule has 5 heteroatoms. The normalized spacial score (nSPS) is 13.6. The number of hydrogen-bond donors (Lipinski definition) is 1. The molecule has 0 aliphatic carbocycles. The number of para-hydroxylation sites is 1. The third-order valence-electron chi connectivity index (χ3n) is 3.58. The van der Waals surface area contributed by atoms with E-state index in [1.54, 1.807) is 4.57 Å². The molecule has 0 bridgehead atoms. The minimum Gasteiger partial charge on any atom is -0.480 e. The molecule has 1 aromatic carbocycles. The van der Waals surface area contributed by atoms with E-state index >= 15 is 0 Å². The van der Waals surface area contributed by atoms with E-state index in [9.17, 15) is 9.59 Å². The number of pyridine rings is 1. The van der Waals surface area contributed by atoms with Gasteiger partial charge in [0.15, 0.2) is 0 Å². The molecular weight excluding hydrogens is 258 g/mol. The summed E-state index contributed by atoms with van der Waals surface area (Å²) < 4.78 is 6.83. The zero-order chi connectivity index (χ0) is 14.1. The maximum atomic E-state index is 12.4. The smallest absolute Gasteiger partial charge is 0.329 e. The summed E-state index contributed by atoms with van der Waals surface area (Å²) in [5.41, 5.74) is 2.64. The fourth-order valence-corrected chi connectivity index (χ4v) is 2.78. The summed E-state index contributed by atoms with van der Waals surface area (Å²) in [7, 11) is 0. The number of rotatable bonds is 4. The van der Waals surface area contributed by atoms with Gasteiger partial charge >= 0.3 is 5.97 Å². The quantitative estimate of drug-likeness (QED) is 0.917. The summed E-state index contributed by atoms with van der Waals surface area (Å²) in [6, 6.07) is 7.82. The molecule has 3 rings (SSSR count). The van der Waals surface area contributed by atoms with Gasteiger partial charge in [-0.05, 0) is 29.9 Å². The Morgan fingerprint density at radius 2 is 2.25 bits per heavy atom. The van der Waals surface area contributed by atoms with Crippen LogP contribution in [0.3, 0.4) is 0 Å². The molecule has 0 radical (unpaired) electrons. The number of hydrogen-bond acceptors (Lipinski definition) is 3. The molecule has 20 heavy (non-hydrogen) atoms. The van der Waals surface area contributed by atoms with E-state index in [4.69, 9.17) is 9.84 Å². The SMILES string of the molecule is O=C(O)COCc1cc2cccc3c2n(c1=O)CCC3. The molecule has 0 fully saturated rings. The van der Waals surface area contributed by atoms with Crippen LogP contribution in [0.2, 0.25) is 0 Å². The fraction of sp³-hybridized carbons (Fsp3) is 0.333. The Morgan fingerprint density at radius 3 is 3.05 bits per heavy atom. The lowest BCUT2D eigenvalue weighted by atomic mass is 10.0. The molecule has 104 valence electrons. The van der Waals surface area contributed by atoms with Gasteiger partial charge in [0.25, 0.3) is 5.56 Å². The van der Waals surface area contributed by atoms with Gasteiger partial charge in [-0.25, -0.2) is 4.79 Å². The molecule has 2 aromatic rings. The van der Waals surface area contributed by atoms with Gasteiger partial charge in [0.2, 0.25) is 0 Å². The highest BCUT2D eigenvalue weighted by molar-refractivity contribution is 5.83. The molecule has 0 amide bonds. The topological polar surface area (TPSA) is 68.5 Å². The number of nitrogens with zero attached hydrogens (tertiary/aromatic N) is 1. The van der Waals surface area contributed by atoms with E-state index < -0.39 is 12.6 Å². The maximum Gasteiger partial charge on any atom is 0.329 e. The first kappa shape index (κ1) is 12.9. The first-order chi connectivity index (χ1) is 9.66. The van der Waals surface area contributed by atoms with Crippen molar-refractivity contribution in [2.24, 2.45) is 0 Å². The number of aromatic nitrogens is 1. The summed E-state index contributed by atoms with van der Waals surface area (Å²) in [5, 5.41) is 9.58. The Kier molecular flexibility index (Phi) is 3.28. The first-order valence-corrected chi connectivity index (χ1v) is 6.60. The van der Waals surface area contributed by atoms with Gasteiger partial charge in [-0.3, -0.25) is 4.79 Å². The Balaban J connectivity index is 2.05. The van der Waals surface area contributed by atoms with Crippen molar-refractivity contribution in [3.63, 3.8) is 0 Å². The summed E-state index contributed by atoms with van der Waals surface area (Å²) in [6.07, 6.45) is 1.94. The Labute approximate surface area is 115 Å². The van der Waals surface area contributed by atoms with Crippen molar-refractivity contribution in [3.05, 3.63) is 45.7 Å². The van der Waals surface area contributed by atoms with Gasteiger partial charge in [0.05, 0.1) is 12.1 Å². The molecule has 5 nitrogen and oxygen atoms in total. The number of aliphatic carboxylic acids is 1. The van der Waals surface area contributed by atoms with Crippen LogP contribution in [0, 0.1) is 0 Å². The van der Waals surface area contributed by atoms with Crippen LogP contribution in [0.25, 0.3) is 10.9 Å². The number of aryl methyl sites for hydroxylation is 2. The van der Waals surface area contributed by atoms with E-state index in [-0.39, 0.29) is 12.2 Å². The third kappa shape index (κ3) is 2.20. The number of ether oxygens (including phenoxy) is 1. The second kappa shape index (κ2) is 5.09. The Morgan fingerprint density at radius 1 is 1.40 bits per heavy atom. The zero-order valence-electron chi connectivity index (χ0n) is 11.0. The number of carbonyl (C=O) groups is 1. The van der Waals surface area contributed by atoms with E-state index in [0.717, 1.165) is 23.7 Å². The van der Waals surface area contributed by atoms with Crippen molar-refractivity contribution in [2.75, 3.05) is 6.61 Å². The molecule has 1 aromatic heterocycles. The lowest BCUT2D eigenvalue weighted by Gasteiger charge is -2.20. The molecule has 2 heterocycles. The summed E-state index contributed by atoms with van der Waals surface area (Å²) in [5.74, 6) is -1.03. The van der Waals surface area contributed by atoms with Crippen LogP contribution >= 0.6 is 0 Å². The zero-order valence-corrected chi connectivity index (χ0v) is 11.0. The van der Waals surface area contributed by atoms with Crippen LogP contribution in [-0.4, -0.2) is 22.2 Å². The van der Waals surface area contributed by atoms with Gasteiger partial charge in [0.1, 0.15) is 6.61 Å². The molecule has 1 aliphatic rings. The van der Waals surface area contributed by atoms with Gasteiger partial charge in [-0.15, -0.1) is 0 Å². The van der Waals surface area contributed by atoms with Crippen molar-refractivity contribution in [3.8, 4) is 0 Å². The van der Waals surface area contributed by atoms with E-state index in [2.05, 4.69) is 6.07 Å². The molecule has 0 saturated heterocycles. The number of carboxylic acid groups (broad SMARTS) is 1. The minimum absolute atomic E-state index is 0.0330. The molecule has 0 spiro atoms. The standard InChI is InChI=1S/C15H15NO4/c17-13(18)9-20-8-12-7-11-4-1-3-10-5-2-6-16(14(10)11)15(12)19/h1,3-4,7H,2,5-6,8-9H2,(H,17,18). The minimum atomic E-state index is -1.03. The van der Waals surface area contributed by atoms with Gasteiger partial charge in [-0.1, -0.05) is 18.2 Å². The molecule has 1 N–H and O–H groups in total. The van der Waals surface area contributed by atoms with Gasteiger partial charge in [-0.2, -0.15) is 0 Å². The summed E-state index contributed by atoms with van der Waals surface area (Å²) >= 11 is 0. The Hall–Kier alpha value is -2.14. The van der Waals surface area contributed by atoms with Crippen LogP contribution in [0.15, 0.2) is 29.1 Å². The van der Waals surface area contributed by atoms with Crippen molar-refractivity contribution < 1.29 is 14.6 Å².